The van der Waals surface area contributed by atoms with E-state index in [1.54, 1.807) is 24.3 Å². The summed E-state index contributed by atoms with van der Waals surface area (Å²) in [6.45, 7) is 4.74. The van der Waals surface area contributed by atoms with Gasteiger partial charge >= 0.3 is 0 Å². The van der Waals surface area contributed by atoms with Gasteiger partial charge in [0.1, 0.15) is 0 Å². The van der Waals surface area contributed by atoms with Gasteiger partial charge in [0.05, 0.1) is 6.04 Å². The Kier molecular flexibility index (Phi) is 6.76. The Balaban J connectivity index is 1.41. The van der Waals surface area contributed by atoms with Gasteiger partial charge in [-0.3, -0.25) is 14.5 Å². The van der Waals surface area contributed by atoms with Crippen LogP contribution in [0.3, 0.4) is 0 Å². The number of piperidine rings is 1. The van der Waals surface area contributed by atoms with Crippen molar-refractivity contribution in [2.75, 3.05) is 39.3 Å². The predicted molar refractivity (Wildman–Crippen MR) is 115 cm³/mol. The minimum absolute atomic E-state index is 0.00313. The molecule has 158 valence electrons. The molecule has 2 amide bonds. The van der Waals surface area contributed by atoms with Crippen LogP contribution < -0.4 is 0 Å². The lowest BCUT2D eigenvalue weighted by Crippen LogP contribution is -2.59. The van der Waals surface area contributed by atoms with Crippen LogP contribution in [0.15, 0.2) is 24.3 Å². The van der Waals surface area contributed by atoms with Crippen molar-refractivity contribution in [1.82, 2.24) is 14.7 Å². The van der Waals surface area contributed by atoms with Crippen LogP contribution in [0, 0.1) is 5.92 Å². The van der Waals surface area contributed by atoms with Crippen molar-refractivity contribution in [3.05, 3.63) is 34.9 Å². The Hall–Kier alpha value is -1.59. The van der Waals surface area contributed by atoms with E-state index in [9.17, 15) is 9.59 Å². The van der Waals surface area contributed by atoms with Crippen molar-refractivity contribution in [1.29, 1.82) is 0 Å². The zero-order valence-corrected chi connectivity index (χ0v) is 17.9. The summed E-state index contributed by atoms with van der Waals surface area (Å²) < 4.78 is 0. The first kappa shape index (κ1) is 20.7. The fourth-order valence-corrected chi connectivity index (χ4v) is 5.33. The van der Waals surface area contributed by atoms with Crippen molar-refractivity contribution in [3.63, 3.8) is 0 Å². The molecule has 5 nitrogen and oxygen atoms in total. The fourth-order valence-electron chi connectivity index (χ4n) is 5.21. The van der Waals surface area contributed by atoms with E-state index in [0.29, 0.717) is 35.5 Å². The summed E-state index contributed by atoms with van der Waals surface area (Å²) >= 11 is 5.94. The predicted octanol–water partition coefficient (Wildman–Crippen LogP) is 3.67. The quantitative estimate of drug-likeness (QED) is 0.750. The largest absolute Gasteiger partial charge is 0.341 e. The summed E-state index contributed by atoms with van der Waals surface area (Å²) in [7, 11) is 0. The van der Waals surface area contributed by atoms with Crippen molar-refractivity contribution in [2.45, 2.75) is 51.0 Å². The molecule has 0 radical (unpaired) electrons. The molecule has 0 N–H and O–H groups in total. The molecule has 2 aliphatic heterocycles. The molecule has 3 fully saturated rings. The second kappa shape index (κ2) is 9.48. The molecule has 1 atom stereocenters. The minimum Gasteiger partial charge on any atom is -0.341 e. The van der Waals surface area contributed by atoms with Crippen molar-refractivity contribution >= 4 is 23.4 Å². The van der Waals surface area contributed by atoms with Crippen LogP contribution in [0.25, 0.3) is 0 Å². The Morgan fingerprint density at radius 2 is 1.41 bits per heavy atom. The number of amides is 2. The lowest BCUT2D eigenvalue weighted by atomic mass is 9.93. The number of nitrogens with zero attached hydrogens (tertiary/aromatic N) is 3. The summed E-state index contributed by atoms with van der Waals surface area (Å²) in [6.07, 6.45) is 8.30. The van der Waals surface area contributed by atoms with Crippen LogP contribution in [0.2, 0.25) is 5.02 Å². The van der Waals surface area contributed by atoms with Crippen LogP contribution in [-0.4, -0.2) is 71.8 Å². The van der Waals surface area contributed by atoms with Gasteiger partial charge in [-0.05, 0) is 62.3 Å². The zero-order valence-electron chi connectivity index (χ0n) is 17.2. The van der Waals surface area contributed by atoms with Gasteiger partial charge in [-0.25, -0.2) is 0 Å². The molecule has 1 unspecified atom stereocenters. The van der Waals surface area contributed by atoms with Crippen molar-refractivity contribution in [3.8, 4) is 0 Å². The number of halogens is 1. The summed E-state index contributed by atoms with van der Waals surface area (Å²) in [5, 5.41) is 0.641. The first-order chi connectivity index (χ1) is 14.1. The molecule has 3 aliphatic rings. The molecule has 6 heteroatoms. The van der Waals surface area contributed by atoms with Gasteiger partial charge in [0, 0.05) is 49.9 Å². The maximum absolute atomic E-state index is 13.4. The smallest absolute Gasteiger partial charge is 0.253 e. The Bertz CT molecular complexity index is 703. The van der Waals surface area contributed by atoms with E-state index in [-0.39, 0.29) is 11.9 Å². The van der Waals surface area contributed by atoms with E-state index in [4.69, 9.17) is 11.6 Å². The maximum atomic E-state index is 13.4. The lowest BCUT2D eigenvalue weighted by molar-refractivity contribution is -0.140. The fraction of sp³-hybridized carbons (Fsp3) is 0.652. The van der Waals surface area contributed by atoms with Crippen LogP contribution in [0.4, 0.5) is 0 Å². The van der Waals surface area contributed by atoms with Gasteiger partial charge in [-0.15, -0.1) is 0 Å². The Morgan fingerprint density at radius 3 is 2.03 bits per heavy atom. The SMILES string of the molecule is O=C(c1ccc(Cl)cc1)N1CCN(C(C(=O)N2CCCCC2)C2CCCC2)CC1. The van der Waals surface area contributed by atoms with Gasteiger partial charge in [0.15, 0.2) is 0 Å². The number of benzene rings is 1. The van der Waals surface area contributed by atoms with E-state index in [0.717, 1.165) is 51.9 Å². The first-order valence-corrected chi connectivity index (χ1v) is 11.6. The molecular weight excluding hydrogens is 386 g/mol. The molecule has 0 aromatic heterocycles. The number of hydrogen-bond acceptors (Lipinski definition) is 3. The molecule has 1 saturated carbocycles. The maximum Gasteiger partial charge on any atom is 0.253 e. The summed E-state index contributed by atoms with van der Waals surface area (Å²) in [5.74, 6) is 0.873. The van der Waals surface area contributed by atoms with Crippen LogP contribution in [0.1, 0.15) is 55.3 Å². The van der Waals surface area contributed by atoms with E-state index >= 15 is 0 Å². The highest BCUT2D eigenvalue weighted by Gasteiger charge is 2.39. The Labute approximate surface area is 179 Å². The molecule has 1 aromatic carbocycles. The number of carbonyl (C=O) groups excluding carboxylic acids is 2. The molecule has 4 rings (SSSR count). The second-order valence-electron chi connectivity index (χ2n) is 8.71. The second-order valence-corrected chi connectivity index (χ2v) is 9.15. The molecule has 29 heavy (non-hydrogen) atoms. The number of piperazine rings is 1. The zero-order chi connectivity index (χ0) is 20.2. The number of hydrogen-bond donors (Lipinski definition) is 0. The third kappa shape index (κ3) is 4.77. The van der Waals surface area contributed by atoms with E-state index in [1.165, 1.54) is 19.3 Å². The Morgan fingerprint density at radius 1 is 0.793 bits per heavy atom. The molecular formula is C23H32ClN3O2. The van der Waals surface area contributed by atoms with Crippen LogP contribution in [0.5, 0.6) is 0 Å². The van der Waals surface area contributed by atoms with Gasteiger partial charge in [-0.2, -0.15) is 0 Å². The van der Waals surface area contributed by atoms with E-state index in [2.05, 4.69) is 9.80 Å². The van der Waals surface area contributed by atoms with Crippen molar-refractivity contribution in [2.24, 2.45) is 5.92 Å². The third-order valence-corrected chi connectivity index (χ3v) is 7.11. The normalized spacial score (nSPS) is 22.7. The first-order valence-electron chi connectivity index (χ1n) is 11.2. The minimum atomic E-state index is 0.00313. The summed E-state index contributed by atoms with van der Waals surface area (Å²) in [4.78, 5) is 32.7. The van der Waals surface area contributed by atoms with E-state index in [1.807, 2.05) is 4.90 Å². The molecule has 2 saturated heterocycles. The van der Waals surface area contributed by atoms with Crippen LogP contribution in [-0.2, 0) is 4.79 Å². The van der Waals surface area contributed by atoms with Gasteiger partial charge < -0.3 is 9.80 Å². The molecule has 1 aromatic rings. The lowest BCUT2D eigenvalue weighted by Gasteiger charge is -2.43. The average Bonchev–Trinajstić information content (AvgIpc) is 3.29. The average molecular weight is 418 g/mol. The molecule has 0 bridgehead atoms. The van der Waals surface area contributed by atoms with Gasteiger partial charge in [-0.1, -0.05) is 24.4 Å². The van der Waals surface area contributed by atoms with Crippen molar-refractivity contribution < 1.29 is 9.59 Å². The molecule has 0 spiro atoms. The summed E-state index contributed by atoms with van der Waals surface area (Å²) in [5.41, 5.74) is 0.680. The standard InChI is InChI=1S/C23H32ClN3O2/c24-20-10-8-19(9-11-20)22(28)27-16-14-25(15-17-27)21(18-6-2-3-7-18)23(29)26-12-4-1-5-13-26/h8-11,18,21H,1-7,12-17H2. The highest BCUT2D eigenvalue weighted by molar-refractivity contribution is 6.30. The number of likely N-dealkylation sites (tertiary alicyclic amines) is 1. The molecule has 1 aliphatic carbocycles. The van der Waals surface area contributed by atoms with Gasteiger partial charge in [0.25, 0.3) is 5.91 Å². The number of rotatable bonds is 4. The topological polar surface area (TPSA) is 43.9 Å². The molecule has 2 heterocycles. The highest BCUT2D eigenvalue weighted by atomic mass is 35.5. The third-order valence-electron chi connectivity index (χ3n) is 6.85. The number of carbonyl (C=O) groups is 2. The van der Waals surface area contributed by atoms with E-state index < -0.39 is 0 Å². The van der Waals surface area contributed by atoms with Gasteiger partial charge in [0.2, 0.25) is 5.91 Å². The van der Waals surface area contributed by atoms with Crippen LogP contribution >= 0.6 is 11.6 Å². The monoisotopic (exact) mass is 417 g/mol. The highest BCUT2D eigenvalue weighted by Crippen LogP contribution is 2.32. The summed E-state index contributed by atoms with van der Waals surface area (Å²) in [6, 6.07) is 7.11.